The molecule has 0 saturated heterocycles. The molecule has 0 aliphatic heterocycles. The van der Waals surface area contributed by atoms with Gasteiger partial charge >= 0.3 is 0 Å². The zero-order chi connectivity index (χ0) is 10.2. The Morgan fingerprint density at radius 2 is 2.29 bits per heavy atom. The largest absolute Gasteiger partial charge is 0.354 e. The van der Waals surface area contributed by atoms with Gasteiger partial charge in [0, 0.05) is 24.0 Å². The Hall–Kier alpha value is -0.680. The normalized spacial score (nSPS) is 18.6. The minimum Gasteiger partial charge on any atom is -0.354 e. The molecule has 1 aromatic rings. The van der Waals surface area contributed by atoms with Crippen LogP contribution in [0.5, 0.6) is 0 Å². The minimum absolute atomic E-state index is 0.133. The molecule has 1 fully saturated rings. The molecular formula is C9H16N4S. The van der Waals surface area contributed by atoms with Crippen molar-refractivity contribution in [1.29, 1.82) is 0 Å². The van der Waals surface area contributed by atoms with Gasteiger partial charge < -0.3 is 11.1 Å². The third-order valence-electron chi connectivity index (χ3n) is 2.57. The molecule has 0 spiro atoms. The maximum atomic E-state index is 5.68. The molecular weight excluding hydrogens is 196 g/mol. The number of hydrogen-bond acceptors (Lipinski definition) is 5. The fraction of sp³-hybridized carbons (Fsp3) is 0.778. The van der Waals surface area contributed by atoms with Crippen LogP contribution in [0.3, 0.4) is 0 Å². The molecule has 1 heterocycles. The highest BCUT2D eigenvalue weighted by Gasteiger charge is 2.41. The van der Waals surface area contributed by atoms with Crippen LogP contribution in [-0.2, 0) is 0 Å². The van der Waals surface area contributed by atoms with Crippen LogP contribution in [0.1, 0.15) is 38.4 Å². The van der Waals surface area contributed by atoms with Gasteiger partial charge in [-0.1, -0.05) is 13.8 Å². The number of nitrogens with one attached hydrogen (secondary N) is 1. The second-order valence-electron chi connectivity index (χ2n) is 4.22. The van der Waals surface area contributed by atoms with E-state index in [4.69, 9.17) is 5.73 Å². The lowest BCUT2D eigenvalue weighted by Crippen LogP contribution is -2.30. The first-order chi connectivity index (χ1) is 6.65. The maximum Gasteiger partial charge on any atom is 0.203 e. The maximum absolute atomic E-state index is 5.68. The molecule has 1 aromatic heterocycles. The summed E-state index contributed by atoms with van der Waals surface area (Å²) < 4.78 is 4.29. The first kappa shape index (κ1) is 9.86. The Bertz CT molecular complexity index is 316. The second kappa shape index (κ2) is 3.47. The molecule has 1 saturated carbocycles. The summed E-state index contributed by atoms with van der Waals surface area (Å²) in [6, 6.07) is 0. The van der Waals surface area contributed by atoms with Gasteiger partial charge in [0.2, 0.25) is 5.13 Å². The molecule has 1 aliphatic rings. The van der Waals surface area contributed by atoms with E-state index in [1.807, 2.05) is 0 Å². The molecule has 14 heavy (non-hydrogen) atoms. The van der Waals surface area contributed by atoms with Crippen LogP contribution >= 0.6 is 11.5 Å². The van der Waals surface area contributed by atoms with Crippen LogP contribution in [0.15, 0.2) is 0 Å². The van der Waals surface area contributed by atoms with Crippen molar-refractivity contribution in [2.24, 2.45) is 5.73 Å². The number of anilines is 1. The Kier molecular flexibility index (Phi) is 2.45. The Morgan fingerprint density at radius 3 is 2.71 bits per heavy atom. The highest BCUT2D eigenvalue weighted by molar-refractivity contribution is 7.09. The van der Waals surface area contributed by atoms with Gasteiger partial charge in [-0.15, -0.1) is 0 Å². The number of rotatable bonds is 4. The SMILES string of the molecule is CC(C)c1nsc(NC2(CN)CC2)n1. The van der Waals surface area contributed by atoms with Crippen LogP contribution in [0.2, 0.25) is 0 Å². The van der Waals surface area contributed by atoms with E-state index in [-0.39, 0.29) is 5.54 Å². The van der Waals surface area contributed by atoms with Gasteiger partial charge in [0.25, 0.3) is 0 Å². The predicted molar refractivity (Wildman–Crippen MR) is 58.6 cm³/mol. The third kappa shape index (κ3) is 1.88. The summed E-state index contributed by atoms with van der Waals surface area (Å²) in [7, 11) is 0. The molecule has 78 valence electrons. The smallest absolute Gasteiger partial charge is 0.203 e. The molecule has 1 aliphatic carbocycles. The second-order valence-corrected chi connectivity index (χ2v) is 4.97. The first-order valence-corrected chi connectivity index (χ1v) is 5.74. The predicted octanol–water partition coefficient (Wildman–Crippen LogP) is 1.56. The first-order valence-electron chi connectivity index (χ1n) is 4.97. The van der Waals surface area contributed by atoms with E-state index in [2.05, 4.69) is 28.5 Å². The zero-order valence-electron chi connectivity index (χ0n) is 8.58. The van der Waals surface area contributed by atoms with E-state index >= 15 is 0 Å². The average Bonchev–Trinajstić information content (AvgIpc) is 2.75. The van der Waals surface area contributed by atoms with Crippen molar-refractivity contribution >= 4 is 16.7 Å². The Morgan fingerprint density at radius 1 is 1.57 bits per heavy atom. The van der Waals surface area contributed by atoms with Gasteiger partial charge in [0.05, 0.1) is 5.54 Å². The van der Waals surface area contributed by atoms with Crippen LogP contribution in [0.4, 0.5) is 5.13 Å². The van der Waals surface area contributed by atoms with Crippen molar-refractivity contribution in [3.05, 3.63) is 5.82 Å². The topological polar surface area (TPSA) is 63.8 Å². The Labute approximate surface area is 88.1 Å². The number of hydrogen-bond donors (Lipinski definition) is 2. The minimum atomic E-state index is 0.133. The fourth-order valence-corrected chi connectivity index (χ4v) is 2.11. The molecule has 0 unspecified atom stereocenters. The van der Waals surface area contributed by atoms with Gasteiger partial charge in [-0.25, -0.2) is 4.98 Å². The molecule has 0 atom stereocenters. The van der Waals surface area contributed by atoms with Crippen molar-refractivity contribution in [3.8, 4) is 0 Å². The van der Waals surface area contributed by atoms with E-state index in [1.165, 1.54) is 11.5 Å². The molecule has 0 bridgehead atoms. The quantitative estimate of drug-likeness (QED) is 0.795. The van der Waals surface area contributed by atoms with E-state index < -0.39 is 0 Å². The molecule has 2 rings (SSSR count). The molecule has 3 N–H and O–H groups in total. The summed E-state index contributed by atoms with van der Waals surface area (Å²) in [5.41, 5.74) is 5.81. The van der Waals surface area contributed by atoms with Crippen LogP contribution < -0.4 is 11.1 Å². The van der Waals surface area contributed by atoms with E-state index in [0.717, 1.165) is 23.8 Å². The lowest BCUT2D eigenvalue weighted by molar-refractivity contribution is 0.736. The lowest BCUT2D eigenvalue weighted by Gasteiger charge is -2.12. The molecule has 4 nitrogen and oxygen atoms in total. The van der Waals surface area contributed by atoms with Crippen molar-refractivity contribution in [2.45, 2.75) is 38.1 Å². The summed E-state index contributed by atoms with van der Waals surface area (Å²) in [5, 5.41) is 4.29. The van der Waals surface area contributed by atoms with Crippen LogP contribution in [-0.4, -0.2) is 21.4 Å². The summed E-state index contributed by atoms with van der Waals surface area (Å²) >= 11 is 1.43. The summed E-state index contributed by atoms with van der Waals surface area (Å²) in [4.78, 5) is 4.42. The van der Waals surface area contributed by atoms with E-state index in [9.17, 15) is 0 Å². The number of aromatic nitrogens is 2. The third-order valence-corrected chi connectivity index (χ3v) is 3.22. The van der Waals surface area contributed by atoms with Gasteiger partial charge in [0.1, 0.15) is 5.82 Å². The van der Waals surface area contributed by atoms with Gasteiger partial charge in [-0.2, -0.15) is 4.37 Å². The van der Waals surface area contributed by atoms with Crippen molar-refractivity contribution in [3.63, 3.8) is 0 Å². The highest BCUT2D eigenvalue weighted by Crippen LogP contribution is 2.38. The van der Waals surface area contributed by atoms with Gasteiger partial charge in [-0.3, -0.25) is 0 Å². The molecule has 0 radical (unpaired) electrons. The van der Waals surface area contributed by atoms with Crippen molar-refractivity contribution < 1.29 is 0 Å². The average molecular weight is 212 g/mol. The summed E-state index contributed by atoms with van der Waals surface area (Å²) in [6.45, 7) is 4.88. The number of nitrogens with two attached hydrogens (primary N) is 1. The molecule has 0 amide bonds. The van der Waals surface area contributed by atoms with Crippen molar-refractivity contribution in [2.75, 3.05) is 11.9 Å². The van der Waals surface area contributed by atoms with E-state index in [1.54, 1.807) is 0 Å². The van der Waals surface area contributed by atoms with Gasteiger partial charge in [0.15, 0.2) is 0 Å². The molecule has 0 aromatic carbocycles. The standard InChI is InChI=1S/C9H16N4S/c1-6(2)7-11-8(14-13-7)12-9(5-10)3-4-9/h6H,3-5,10H2,1-2H3,(H,11,12,13). The zero-order valence-corrected chi connectivity index (χ0v) is 9.40. The monoisotopic (exact) mass is 212 g/mol. The van der Waals surface area contributed by atoms with Crippen LogP contribution in [0, 0.1) is 0 Å². The highest BCUT2D eigenvalue weighted by atomic mass is 32.1. The summed E-state index contributed by atoms with van der Waals surface area (Å²) in [5.74, 6) is 1.32. The number of nitrogens with zero attached hydrogens (tertiary/aromatic N) is 2. The van der Waals surface area contributed by atoms with Crippen LogP contribution in [0.25, 0.3) is 0 Å². The molecule has 5 heteroatoms. The van der Waals surface area contributed by atoms with E-state index in [0.29, 0.717) is 12.5 Å². The Balaban J connectivity index is 2.03. The van der Waals surface area contributed by atoms with Gasteiger partial charge in [-0.05, 0) is 12.8 Å². The lowest BCUT2D eigenvalue weighted by atomic mass is 10.2. The van der Waals surface area contributed by atoms with Crippen molar-refractivity contribution in [1.82, 2.24) is 9.36 Å². The summed E-state index contributed by atoms with van der Waals surface area (Å²) in [6.07, 6.45) is 2.31. The fourth-order valence-electron chi connectivity index (χ4n) is 1.28.